The van der Waals surface area contributed by atoms with E-state index in [1.54, 1.807) is 11.3 Å². The molecule has 0 radical (unpaired) electrons. The second kappa shape index (κ2) is 8.62. The number of likely N-dealkylation sites (N-methyl/N-ethyl adjacent to an activating group) is 1. The predicted octanol–water partition coefficient (Wildman–Crippen LogP) is 3.89. The number of fused-ring (bicyclic) bond motifs is 1. The maximum Gasteiger partial charge on any atom is 0.234 e. The van der Waals surface area contributed by atoms with Crippen molar-refractivity contribution in [1.29, 1.82) is 0 Å². The average Bonchev–Trinajstić information content (AvgIpc) is 3.24. The second-order valence-corrected chi connectivity index (χ2v) is 8.21. The van der Waals surface area contributed by atoms with Gasteiger partial charge in [0, 0.05) is 18.0 Å². The summed E-state index contributed by atoms with van der Waals surface area (Å²) in [5.41, 5.74) is 0.896. The number of carbonyl (C=O) groups excluding carboxylic acids is 1. The van der Waals surface area contributed by atoms with Gasteiger partial charge in [0.15, 0.2) is 5.13 Å². The van der Waals surface area contributed by atoms with Crippen LogP contribution in [-0.2, 0) is 11.2 Å². The standard InChI is InChI=1S/C19H23N3O2S2/c1-4-24-14-7-8-16-17(12-14)26-19(20-16)22(10-9-21(2)3)18(23)13-15-6-5-11-25-15/h5-8,11-12H,4,9-10,13H2,1-3H3. The number of ether oxygens (including phenoxy) is 1. The fraction of sp³-hybridized carbons (Fsp3) is 0.368. The first-order valence-corrected chi connectivity index (χ1v) is 10.3. The highest BCUT2D eigenvalue weighted by Gasteiger charge is 2.20. The normalized spacial score (nSPS) is 11.2. The molecule has 0 spiro atoms. The minimum absolute atomic E-state index is 0.0818. The van der Waals surface area contributed by atoms with Gasteiger partial charge in [-0.05, 0) is 50.7 Å². The van der Waals surface area contributed by atoms with Gasteiger partial charge in [0.2, 0.25) is 5.91 Å². The smallest absolute Gasteiger partial charge is 0.234 e. The molecule has 0 atom stereocenters. The molecule has 2 heterocycles. The van der Waals surface area contributed by atoms with Gasteiger partial charge in [-0.25, -0.2) is 4.98 Å². The molecule has 138 valence electrons. The quantitative estimate of drug-likeness (QED) is 0.586. The Morgan fingerprint density at radius 1 is 1.23 bits per heavy atom. The number of anilines is 1. The van der Waals surface area contributed by atoms with E-state index in [9.17, 15) is 4.79 Å². The van der Waals surface area contributed by atoms with Crippen molar-refractivity contribution in [2.45, 2.75) is 13.3 Å². The Hall–Kier alpha value is -1.96. The predicted molar refractivity (Wildman–Crippen MR) is 110 cm³/mol. The maximum atomic E-state index is 12.9. The van der Waals surface area contributed by atoms with E-state index in [-0.39, 0.29) is 5.91 Å². The molecule has 0 bridgehead atoms. The molecule has 5 nitrogen and oxygen atoms in total. The molecule has 1 amide bonds. The molecule has 0 aliphatic rings. The van der Waals surface area contributed by atoms with E-state index in [2.05, 4.69) is 4.90 Å². The van der Waals surface area contributed by atoms with Gasteiger partial charge in [0.1, 0.15) is 5.75 Å². The zero-order valence-corrected chi connectivity index (χ0v) is 16.9. The fourth-order valence-corrected chi connectivity index (χ4v) is 4.28. The van der Waals surface area contributed by atoms with Crippen LogP contribution >= 0.6 is 22.7 Å². The molecule has 0 aliphatic carbocycles. The maximum absolute atomic E-state index is 12.9. The highest BCUT2D eigenvalue weighted by atomic mass is 32.1. The third-order valence-corrected chi connectivity index (χ3v) is 5.79. The minimum atomic E-state index is 0.0818. The van der Waals surface area contributed by atoms with E-state index in [1.165, 1.54) is 11.3 Å². The van der Waals surface area contributed by atoms with Crippen LogP contribution in [0.1, 0.15) is 11.8 Å². The molecular formula is C19H23N3O2S2. The lowest BCUT2D eigenvalue weighted by Crippen LogP contribution is -2.37. The van der Waals surface area contributed by atoms with Crippen molar-refractivity contribution < 1.29 is 9.53 Å². The van der Waals surface area contributed by atoms with Gasteiger partial charge in [-0.15, -0.1) is 11.3 Å². The van der Waals surface area contributed by atoms with E-state index in [1.807, 2.05) is 61.6 Å². The van der Waals surface area contributed by atoms with Crippen LogP contribution in [0.5, 0.6) is 5.75 Å². The summed E-state index contributed by atoms with van der Waals surface area (Å²) in [5, 5.41) is 2.75. The van der Waals surface area contributed by atoms with Gasteiger partial charge in [-0.2, -0.15) is 0 Å². The number of aromatic nitrogens is 1. The Morgan fingerprint density at radius 3 is 2.77 bits per heavy atom. The van der Waals surface area contributed by atoms with E-state index in [4.69, 9.17) is 9.72 Å². The molecule has 26 heavy (non-hydrogen) atoms. The van der Waals surface area contributed by atoms with Gasteiger partial charge in [-0.1, -0.05) is 17.4 Å². The minimum Gasteiger partial charge on any atom is -0.494 e. The van der Waals surface area contributed by atoms with Crippen LogP contribution in [0.3, 0.4) is 0 Å². The molecule has 0 fully saturated rings. The Morgan fingerprint density at radius 2 is 2.08 bits per heavy atom. The van der Waals surface area contributed by atoms with Gasteiger partial charge >= 0.3 is 0 Å². The number of nitrogens with zero attached hydrogens (tertiary/aromatic N) is 3. The third-order valence-electron chi connectivity index (χ3n) is 3.87. The molecule has 0 saturated heterocycles. The van der Waals surface area contributed by atoms with Crippen LogP contribution in [0.2, 0.25) is 0 Å². The van der Waals surface area contributed by atoms with E-state index < -0.39 is 0 Å². The van der Waals surface area contributed by atoms with Crippen LogP contribution in [0.25, 0.3) is 10.2 Å². The van der Waals surface area contributed by atoms with E-state index in [0.717, 1.165) is 32.5 Å². The number of hydrogen-bond donors (Lipinski definition) is 0. The summed E-state index contributed by atoms with van der Waals surface area (Å²) in [6.45, 7) is 4.01. The van der Waals surface area contributed by atoms with Crippen molar-refractivity contribution in [3.63, 3.8) is 0 Å². The number of carbonyl (C=O) groups is 1. The highest BCUT2D eigenvalue weighted by molar-refractivity contribution is 7.22. The summed E-state index contributed by atoms with van der Waals surface area (Å²) in [6, 6.07) is 9.85. The molecule has 3 aromatic rings. The Balaban J connectivity index is 1.87. The highest BCUT2D eigenvalue weighted by Crippen LogP contribution is 2.32. The number of thiazole rings is 1. The lowest BCUT2D eigenvalue weighted by molar-refractivity contribution is -0.118. The zero-order valence-electron chi connectivity index (χ0n) is 15.3. The Bertz CT molecular complexity index is 859. The fourth-order valence-electron chi connectivity index (χ4n) is 2.55. The van der Waals surface area contributed by atoms with Crippen LogP contribution in [0, 0.1) is 0 Å². The number of rotatable bonds is 8. The van der Waals surface area contributed by atoms with Crippen molar-refractivity contribution in [3.05, 3.63) is 40.6 Å². The van der Waals surface area contributed by atoms with Gasteiger partial charge in [-0.3, -0.25) is 9.69 Å². The molecule has 7 heteroatoms. The molecular weight excluding hydrogens is 366 g/mol. The molecule has 0 aliphatic heterocycles. The largest absolute Gasteiger partial charge is 0.494 e. The van der Waals surface area contributed by atoms with E-state index >= 15 is 0 Å². The van der Waals surface area contributed by atoms with Crippen molar-refractivity contribution in [2.24, 2.45) is 0 Å². The van der Waals surface area contributed by atoms with Crippen LogP contribution in [0.15, 0.2) is 35.7 Å². The number of benzene rings is 1. The van der Waals surface area contributed by atoms with E-state index in [0.29, 0.717) is 19.6 Å². The van der Waals surface area contributed by atoms with Crippen LogP contribution < -0.4 is 9.64 Å². The Kier molecular flexibility index (Phi) is 6.24. The first kappa shape index (κ1) is 18.8. The lowest BCUT2D eigenvalue weighted by atomic mass is 10.3. The number of hydrogen-bond acceptors (Lipinski definition) is 6. The van der Waals surface area contributed by atoms with Crippen LogP contribution in [-0.4, -0.2) is 49.6 Å². The molecule has 0 N–H and O–H groups in total. The second-order valence-electron chi connectivity index (χ2n) is 6.16. The van der Waals surface area contributed by atoms with Crippen molar-refractivity contribution in [2.75, 3.05) is 38.7 Å². The molecule has 3 rings (SSSR count). The topological polar surface area (TPSA) is 45.7 Å². The van der Waals surface area contributed by atoms with Gasteiger partial charge < -0.3 is 9.64 Å². The lowest BCUT2D eigenvalue weighted by Gasteiger charge is -2.21. The molecule has 2 aromatic heterocycles. The summed E-state index contributed by atoms with van der Waals surface area (Å²) in [4.78, 5) is 22.6. The average molecular weight is 390 g/mol. The SMILES string of the molecule is CCOc1ccc2nc(N(CCN(C)C)C(=O)Cc3cccs3)sc2c1. The zero-order chi connectivity index (χ0) is 18.5. The van der Waals surface area contributed by atoms with Crippen molar-refractivity contribution >= 4 is 43.9 Å². The van der Waals surface area contributed by atoms with Crippen molar-refractivity contribution in [3.8, 4) is 5.75 Å². The monoisotopic (exact) mass is 389 g/mol. The van der Waals surface area contributed by atoms with Gasteiger partial charge in [0.25, 0.3) is 0 Å². The summed E-state index contributed by atoms with van der Waals surface area (Å²) < 4.78 is 6.61. The van der Waals surface area contributed by atoms with Crippen LogP contribution in [0.4, 0.5) is 5.13 Å². The van der Waals surface area contributed by atoms with Crippen molar-refractivity contribution in [1.82, 2.24) is 9.88 Å². The van der Waals surface area contributed by atoms with Gasteiger partial charge in [0.05, 0.1) is 23.2 Å². The number of thiophene rings is 1. The number of amides is 1. The summed E-state index contributed by atoms with van der Waals surface area (Å²) in [7, 11) is 4.02. The first-order valence-electron chi connectivity index (χ1n) is 8.57. The summed E-state index contributed by atoms with van der Waals surface area (Å²) in [6.07, 6.45) is 0.408. The molecule has 0 unspecified atom stereocenters. The summed E-state index contributed by atoms with van der Waals surface area (Å²) in [5.74, 6) is 0.915. The first-order chi connectivity index (χ1) is 12.6. The summed E-state index contributed by atoms with van der Waals surface area (Å²) >= 11 is 3.15. The Labute approximate surface area is 161 Å². The molecule has 0 saturated carbocycles. The molecule has 1 aromatic carbocycles. The third kappa shape index (κ3) is 4.60.